The fourth-order valence-corrected chi connectivity index (χ4v) is 6.92. The van der Waals surface area contributed by atoms with Gasteiger partial charge in [0.2, 0.25) is 17.9 Å². The fraction of sp³-hybridized carbons (Fsp3) is 0.467. The Hall–Kier alpha value is -5.92. The summed E-state index contributed by atoms with van der Waals surface area (Å²) >= 11 is 0. The Morgan fingerprint density at radius 3 is 1.64 bits per heavy atom. The Bertz CT molecular complexity index is 1910. The van der Waals surface area contributed by atoms with Gasteiger partial charge in [-0.2, -0.15) is 0 Å². The van der Waals surface area contributed by atoms with Crippen molar-refractivity contribution in [1.82, 2.24) is 21.3 Å². The van der Waals surface area contributed by atoms with Gasteiger partial charge in [-0.15, -0.1) is 0 Å². The third-order valence-electron chi connectivity index (χ3n) is 9.92. The molecule has 4 rings (SSSR count). The molecule has 0 aliphatic heterocycles. The maximum Gasteiger partial charge on any atom is 0.408 e. The summed E-state index contributed by atoms with van der Waals surface area (Å²) in [5.41, 5.74) is 9.46. The van der Waals surface area contributed by atoms with E-state index in [1.54, 1.807) is 92.6 Å². The maximum atomic E-state index is 14.5. The molecule has 5 amide bonds. The molecule has 3 aromatic rings. The minimum Gasteiger partial charge on any atom is -0.449 e. The lowest BCUT2D eigenvalue weighted by molar-refractivity contribution is -0.161. The van der Waals surface area contributed by atoms with Crippen LogP contribution in [0.15, 0.2) is 78.9 Å². The number of carbonyl (C=O) groups excluding carboxylic acids is 6. The van der Waals surface area contributed by atoms with Gasteiger partial charge in [-0.3, -0.25) is 14.4 Å². The van der Waals surface area contributed by atoms with Gasteiger partial charge < -0.3 is 41.2 Å². The van der Waals surface area contributed by atoms with Crippen LogP contribution in [0.2, 0.25) is 0 Å². The van der Waals surface area contributed by atoms with E-state index in [1.165, 1.54) is 0 Å². The first kappa shape index (κ1) is 45.8. The lowest BCUT2D eigenvalue weighted by Gasteiger charge is -2.32. The molecule has 0 spiro atoms. The molecule has 3 aromatic carbocycles. The molecule has 0 fully saturated rings. The van der Waals surface area contributed by atoms with Gasteiger partial charge in [-0.05, 0) is 72.8 Å². The summed E-state index contributed by atoms with van der Waals surface area (Å²) in [6.45, 7) is 15.2. The van der Waals surface area contributed by atoms with Crippen molar-refractivity contribution in [2.75, 3.05) is 6.61 Å². The summed E-state index contributed by atoms with van der Waals surface area (Å²) in [6, 6.07) is 19.9. The molecule has 0 bridgehead atoms. The minimum atomic E-state index is -1.76. The second kappa shape index (κ2) is 20.2. The summed E-state index contributed by atoms with van der Waals surface area (Å²) in [6.07, 6.45) is -3.52. The van der Waals surface area contributed by atoms with Crippen LogP contribution in [0.4, 0.5) is 9.59 Å². The molecule has 59 heavy (non-hydrogen) atoms. The highest BCUT2D eigenvalue weighted by Gasteiger charge is 2.40. The Kier molecular flexibility index (Phi) is 15.6. The number of carbonyl (C=O) groups is 6. The zero-order valence-corrected chi connectivity index (χ0v) is 35.4. The van der Waals surface area contributed by atoms with Crippen LogP contribution in [-0.4, -0.2) is 78.4 Å². The van der Waals surface area contributed by atoms with Gasteiger partial charge in [0.05, 0.1) is 6.04 Å². The summed E-state index contributed by atoms with van der Waals surface area (Å²) in [4.78, 5) is 81.1. The van der Waals surface area contributed by atoms with Gasteiger partial charge in [0.25, 0.3) is 5.91 Å². The number of primary amides is 1. The van der Waals surface area contributed by atoms with E-state index >= 15 is 0 Å². The molecule has 318 valence electrons. The normalized spacial score (nSPS) is 14.8. The van der Waals surface area contributed by atoms with Crippen molar-refractivity contribution in [3.05, 3.63) is 95.6 Å². The van der Waals surface area contributed by atoms with E-state index in [9.17, 15) is 28.8 Å². The van der Waals surface area contributed by atoms with Crippen molar-refractivity contribution < 1.29 is 43.0 Å². The van der Waals surface area contributed by atoms with Gasteiger partial charge in [0.1, 0.15) is 30.3 Å². The van der Waals surface area contributed by atoms with E-state index in [2.05, 4.69) is 21.3 Å². The molecule has 1 aliphatic carbocycles. The van der Waals surface area contributed by atoms with E-state index in [1.807, 2.05) is 48.5 Å². The smallest absolute Gasteiger partial charge is 0.408 e. The molecule has 14 heteroatoms. The van der Waals surface area contributed by atoms with Crippen molar-refractivity contribution in [3.8, 4) is 11.1 Å². The molecule has 0 radical (unpaired) electrons. The highest BCUT2D eigenvalue weighted by atomic mass is 16.6. The number of alkyl carbamates (subject to hydrolysis) is 2. The average molecular weight is 814 g/mol. The van der Waals surface area contributed by atoms with Crippen molar-refractivity contribution in [3.63, 3.8) is 0 Å². The summed E-state index contributed by atoms with van der Waals surface area (Å²) in [5, 5.41) is 10.6. The Morgan fingerprint density at radius 2 is 1.14 bits per heavy atom. The number of hydrogen-bond donors (Lipinski definition) is 5. The van der Waals surface area contributed by atoms with E-state index in [-0.39, 0.29) is 24.9 Å². The minimum absolute atomic E-state index is 0.00418. The lowest BCUT2D eigenvalue weighted by atomic mass is 9.97. The molecular weight excluding hydrogens is 755 g/mol. The standard InChI is InChI=1S/C45H59N5O9/c1-25(2)35(39(46)51)48-40(52)36(26(3)4)49-41(53)38(34(23-28-17-11-10-12-18-28)47-44(56)59-45(7,8)9)58-42(54)37(27(5)6)50-43(55)57-24-33-31-21-15-13-19-29(31)30-20-14-16-22-32(30)33/h10-22,25-27,33-38H,23-24H2,1-9H3,(H2,46,51)(H,47,56)(H,48,52)(H,49,53)(H,50,55)/t34-,35-,36-,37-,38+/m0/s1. The van der Waals surface area contributed by atoms with Crippen molar-refractivity contribution in [2.45, 2.75) is 111 Å². The molecule has 0 saturated heterocycles. The van der Waals surface area contributed by atoms with Crippen LogP contribution in [0.5, 0.6) is 0 Å². The number of fused-ring (bicyclic) bond motifs is 3. The number of nitrogens with one attached hydrogen (secondary N) is 4. The van der Waals surface area contributed by atoms with Gasteiger partial charge in [0.15, 0.2) is 0 Å². The molecule has 1 aliphatic rings. The summed E-state index contributed by atoms with van der Waals surface area (Å²) in [7, 11) is 0. The second-order valence-electron chi connectivity index (χ2n) is 16.9. The third kappa shape index (κ3) is 12.5. The molecule has 6 N–H and O–H groups in total. The van der Waals surface area contributed by atoms with E-state index < -0.39 is 83.6 Å². The molecule has 0 saturated carbocycles. The number of rotatable bonds is 17. The van der Waals surface area contributed by atoms with Crippen LogP contribution < -0.4 is 27.0 Å². The fourth-order valence-electron chi connectivity index (χ4n) is 6.92. The molecule has 0 aromatic heterocycles. The molecule has 0 heterocycles. The van der Waals surface area contributed by atoms with E-state index in [0.717, 1.165) is 22.3 Å². The number of ether oxygens (including phenoxy) is 3. The predicted molar refractivity (Wildman–Crippen MR) is 223 cm³/mol. The van der Waals surface area contributed by atoms with Crippen LogP contribution in [0, 0.1) is 17.8 Å². The van der Waals surface area contributed by atoms with Crippen LogP contribution in [0.25, 0.3) is 11.1 Å². The Morgan fingerprint density at radius 1 is 0.627 bits per heavy atom. The van der Waals surface area contributed by atoms with Crippen LogP contribution >= 0.6 is 0 Å². The number of esters is 1. The van der Waals surface area contributed by atoms with E-state index in [4.69, 9.17) is 19.9 Å². The number of amides is 5. The summed E-state index contributed by atoms with van der Waals surface area (Å²) < 4.78 is 17.3. The van der Waals surface area contributed by atoms with Gasteiger partial charge in [0, 0.05) is 5.92 Å². The van der Waals surface area contributed by atoms with Crippen molar-refractivity contribution >= 4 is 35.9 Å². The second-order valence-corrected chi connectivity index (χ2v) is 16.9. The third-order valence-corrected chi connectivity index (χ3v) is 9.92. The van der Waals surface area contributed by atoms with E-state index in [0.29, 0.717) is 5.56 Å². The van der Waals surface area contributed by atoms with Gasteiger partial charge in [-0.25, -0.2) is 14.4 Å². The van der Waals surface area contributed by atoms with Gasteiger partial charge in [-0.1, -0.05) is 120 Å². The lowest BCUT2D eigenvalue weighted by Crippen LogP contribution is -2.61. The zero-order chi connectivity index (χ0) is 43.6. The monoisotopic (exact) mass is 813 g/mol. The highest BCUT2D eigenvalue weighted by molar-refractivity contribution is 5.94. The van der Waals surface area contributed by atoms with Gasteiger partial charge >= 0.3 is 18.2 Å². The molecular formula is C45H59N5O9. The Labute approximate surface area is 346 Å². The number of benzene rings is 3. The Balaban J connectivity index is 1.62. The largest absolute Gasteiger partial charge is 0.449 e. The highest BCUT2D eigenvalue weighted by Crippen LogP contribution is 2.44. The first-order valence-corrected chi connectivity index (χ1v) is 20.0. The SMILES string of the molecule is CC(C)[C@H](NC(=O)[C@@H](NC(=O)[C@H](OC(=O)[C@@H](NC(=O)OCC1c2ccccc2-c2ccccc21)C(C)C)[C@H](Cc1ccccc1)NC(=O)OC(C)(C)C)C(C)C)C(N)=O. The number of hydrogen-bond acceptors (Lipinski definition) is 9. The van der Waals surface area contributed by atoms with Crippen LogP contribution in [0.3, 0.4) is 0 Å². The topological polar surface area (TPSA) is 204 Å². The van der Waals surface area contributed by atoms with Crippen molar-refractivity contribution in [2.24, 2.45) is 23.5 Å². The first-order valence-electron chi connectivity index (χ1n) is 20.0. The van der Waals surface area contributed by atoms with Crippen molar-refractivity contribution in [1.29, 1.82) is 0 Å². The summed E-state index contributed by atoms with van der Waals surface area (Å²) in [5.74, 6) is -4.98. The predicted octanol–water partition coefficient (Wildman–Crippen LogP) is 5.36. The molecule has 0 unspecified atom stereocenters. The first-order chi connectivity index (χ1) is 27.8. The number of nitrogens with two attached hydrogens (primary N) is 1. The molecule has 14 nitrogen and oxygen atoms in total. The molecule has 5 atom stereocenters. The van der Waals surface area contributed by atoms with Crippen LogP contribution in [0.1, 0.15) is 84.9 Å². The quantitative estimate of drug-likeness (QED) is 0.0878. The maximum absolute atomic E-state index is 14.5. The zero-order valence-electron chi connectivity index (χ0n) is 35.4. The van der Waals surface area contributed by atoms with Crippen LogP contribution in [-0.2, 0) is 39.8 Å². The average Bonchev–Trinajstić information content (AvgIpc) is 3.48.